The van der Waals surface area contributed by atoms with Gasteiger partial charge in [0.05, 0.1) is 12.8 Å². The Hall–Kier alpha value is -2.33. The van der Waals surface area contributed by atoms with E-state index >= 15 is 0 Å². The van der Waals surface area contributed by atoms with Gasteiger partial charge < -0.3 is 9.47 Å². The van der Waals surface area contributed by atoms with Crippen molar-refractivity contribution >= 4 is 29.5 Å². The first-order valence-corrected chi connectivity index (χ1v) is 6.20. The lowest BCUT2D eigenvalue weighted by Gasteiger charge is -2.01. The van der Waals surface area contributed by atoms with Crippen LogP contribution in [-0.2, 0) is 4.79 Å². The van der Waals surface area contributed by atoms with E-state index in [1.165, 1.54) is 0 Å². The van der Waals surface area contributed by atoms with Gasteiger partial charge in [-0.3, -0.25) is 0 Å². The average molecular weight is 290 g/mol. The van der Waals surface area contributed by atoms with Crippen molar-refractivity contribution in [3.05, 3.63) is 53.6 Å². The van der Waals surface area contributed by atoms with Gasteiger partial charge in [-0.05, 0) is 48.5 Å². The molecule has 0 aliphatic rings. The SMILES string of the molecule is COc1ccc(N=CC(=O)Oc2ccc(Cl)cc2)cc1. The molecule has 0 heterocycles. The number of hydrogen-bond acceptors (Lipinski definition) is 4. The topological polar surface area (TPSA) is 47.9 Å². The van der Waals surface area contributed by atoms with E-state index < -0.39 is 5.97 Å². The van der Waals surface area contributed by atoms with Gasteiger partial charge in [0.1, 0.15) is 17.7 Å². The Labute approximate surface area is 121 Å². The molecule has 0 atom stereocenters. The molecule has 2 aromatic rings. The van der Waals surface area contributed by atoms with Gasteiger partial charge in [0, 0.05) is 5.02 Å². The van der Waals surface area contributed by atoms with Gasteiger partial charge in [0.15, 0.2) is 0 Å². The summed E-state index contributed by atoms with van der Waals surface area (Å²) < 4.78 is 10.1. The molecule has 0 radical (unpaired) electrons. The molecule has 0 bridgehead atoms. The summed E-state index contributed by atoms with van der Waals surface area (Å²) in [4.78, 5) is 15.6. The fourth-order valence-electron chi connectivity index (χ4n) is 1.44. The number of methoxy groups -OCH3 is 1. The normalized spacial score (nSPS) is 10.5. The van der Waals surface area contributed by atoms with Gasteiger partial charge in [0.2, 0.25) is 0 Å². The number of aliphatic imine (C=N–C) groups is 1. The van der Waals surface area contributed by atoms with Gasteiger partial charge in [0.25, 0.3) is 0 Å². The summed E-state index contributed by atoms with van der Waals surface area (Å²) in [7, 11) is 1.59. The smallest absolute Gasteiger partial charge is 0.354 e. The zero-order chi connectivity index (χ0) is 14.4. The highest BCUT2D eigenvalue weighted by Gasteiger charge is 2.01. The molecule has 102 valence electrons. The van der Waals surface area contributed by atoms with Crippen LogP contribution >= 0.6 is 11.6 Å². The largest absolute Gasteiger partial charge is 0.497 e. The molecule has 2 aromatic carbocycles. The molecule has 0 amide bonds. The zero-order valence-corrected chi connectivity index (χ0v) is 11.5. The van der Waals surface area contributed by atoms with Crippen LogP contribution in [0.4, 0.5) is 5.69 Å². The first-order valence-electron chi connectivity index (χ1n) is 5.83. The van der Waals surface area contributed by atoms with Crippen molar-refractivity contribution in [1.29, 1.82) is 0 Å². The third-order valence-electron chi connectivity index (χ3n) is 2.42. The molecule has 0 unspecified atom stereocenters. The van der Waals surface area contributed by atoms with Crippen LogP contribution in [0.3, 0.4) is 0 Å². The van der Waals surface area contributed by atoms with Crippen molar-refractivity contribution in [3.8, 4) is 11.5 Å². The number of hydrogen-bond donors (Lipinski definition) is 0. The van der Waals surface area contributed by atoms with Gasteiger partial charge in [-0.2, -0.15) is 0 Å². The van der Waals surface area contributed by atoms with Crippen LogP contribution < -0.4 is 9.47 Å². The van der Waals surface area contributed by atoms with Crippen molar-refractivity contribution in [1.82, 2.24) is 0 Å². The summed E-state index contributed by atoms with van der Waals surface area (Å²) in [5.74, 6) is 0.594. The molecular formula is C15H12ClNO3. The number of nitrogens with zero attached hydrogens (tertiary/aromatic N) is 1. The number of ether oxygens (including phenoxy) is 2. The predicted molar refractivity (Wildman–Crippen MR) is 78.2 cm³/mol. The fourth-order valence-corrected chi connectivity index (χ4v) is 1.57. The number of rotatable bonds is 4. The van der Waals surface area contributed by atoms with Crippen molar-refractivity contribution in [2.24, 2.45) is 4.99 Å². The molecule has 0 saturated carbocycles. The highest BCUT2D eigenvalue weighted by atomic mass is 35.5. The van der Waals surface area contributed by atoms with E-state index in [1.54, 1.807) is 55.6 Å². The van der Waals surface area contributed by atoms with E-state index in [1.807, 2.05) is 0 Å². The summed E-state index contributed by atoms with van der Waals surface area (Å²) in [6, 6.07) is 13.5. The zero-order valence-electron chi connectivity index (χ0n) is 10.7. The lowest BCUT2D eigenvalue weighted by atomic mass is 10.3. The van der Waals surface area contributed by atoms with Crippen molar-refractivity contribution in [3.63, 3.8) is 0 Å². The van der Waals surface area contributed by atoms with Crippen LogP contribution in [0.5, 0.6) is 11.5 Å². The van der Waals surface area contributed by atoms with E-state index in [4.69, 9.17) is 21.1 Å². The Morgan fingerprint density at radius 3 is 2.25 bits per heavy atom. The molecule has 0 aromatic heterocycles. The van der Waals surface area contributed by atoms with Gasteiger partial charge >= 0.3 is 5.97 Å². The Morgan fingerprint density at radius 2 is 1.65 bits per heavy atom. The highest BCUT2D eigenvalue weighted by molar-refractivity contribution is 6.30. The van der Waals surface area contributed by atoms with Crippen molar-refractivity contribution in [2.75, 3.05) is 7.11 Å². The second-order valence-electron chi connectivity index (χ2n) is 3.83. The molecule has 0 spiro atoms. The van der Waals surface area contributed by atoms with Crippen LogP contribution in [0, 0.1) is 0 Å². The average Bonchev–Trinajstić information content (AvgIpc) is 2.48. The molecule has 4 nitrogen and oxygen atoms in total. The highest BCUT2D eigenvalue weighted by Crippen LogP contribution is 2.18. The first-order chi connectivity index (χ1) is 9.67. The van der Waals surface area contributed by atoms with E-state index in [-0.39, 0.29) is 0 Å². The molecule has 0 N–H and O–H groups in total. The van der Waals surface area contributed by atoms with Crippen LogP contribution in [0.25, 0.3) is 0 Å². The quantitative estimate of drug-likeness (QED) is 0.490. The van der Waals surface area contributed by atoms with E-state index in [9.17, 15) is 4.79 Å². The monoisotopic (exact) mass is 289 g/mol. The standard InChI is InChI=1S/C15H12ClNO3/c1-19-13-8-4-12(5-9-13)17-10-15(18)20-14-6-2-11(16)3-7-14/h2-10H,1H3. The minimum atomic E-state index is -0.553. The van der Waals surface area contributed by atoms with E-state index in [0.717, 1.165) is 12.0 Å². The number of halogens is 1. The number of esters is 1. The van der Waals surface area contributed by atoms with Gasteiger partial charge in [-0.15, -0.1) is 0 Å². The Bertz CT molecular complexity index is 606. The second kappa shape index (κ2) is 6.73. The van der Waals surface area contributed by atoms with Crippen LogP contribution in [-0.4, -0.2) is 19.3 Å². The second-order valence-corrected chi connectivity index (χ2v) is 4.27. The number of benzene rings is 2. The third kappa shape index (κ3) is 4.10. The number of carbonyl (C=O) groups is 1. The van der Waals surface area contributed by atoms with Gasteiger partial charge in [-0.25, -0.2) is 9.79 Å². The fraction of sp³-hybridized carbons (Fsp3) is 0.0667. The summed E-state index contributed by atoms with van der Waals surface area (Å²) in [6.07, 6.45) is 1.12. The maximum absolute atomic E-state index is 11.6. The molecule has 0 fully saturated rings. The summed E-state index contributed by atoms with van der Waals surface area (Å²) in [5.41, 5.74) is 0.638. The van der Waals surface area contributed by atoms with Crippen LogP contribution in [0.2, 0.25) is 5.02 Å². The first kappa shape index (κ1) is 14.1. The van der Waals surface area contributed by atoms with E-state index in [0.29, 0.717) is 16.5 Å². The molecule has 5 heteroatoms. The third-order valence-corrected chi connectivity index (χ3v) is 2.68. The van der Waals surface area contributed by atoms with Crippen molar-refractivity contribution < 1.29 is 14.3 Å². The molecule has 0 saturated heterocycles. The molecule has 0 aliphatic heterocycles. The molecular weight excluding hydrogens is 278 g/mol. The Morgan fingerprint density at radius 1 is 1.05 bits per heavy atom. The van der Waals surface area contributed by atoms with Gasteiger partial charge in [-0.1, -0.05) is 11.6 Å². The Kier molecular flexibility index (Phi) is 4.74. The van der Waals surface area contributed by atoms with Crippen LogP contribution in [0.1, 0.15) is 0 Å². The molecule has 2 rings (SSSR count). The lowest BCUT2D eigenvalue weighted by molar-refractivity contribution is -0.126. The lowest BCUT2D eigenvalue weighted by Crippen LogP contribution is -2.08. The number of carbonyl (C=O) groups excluding carboxylic acids is 1. The van der Waals surface area contributed by atoms with E-state index in [2.05, 4.69) is 4.99 Å². The summed E-state index contributed by atoms with van der Waals surface area (Å²) >= 11 is 5.74. The minimum absolute atomic E-state index is 0.417. The molecule has 0 aliphatic carbocycles. The van der Waals surface area contributed by atoms with Crippen molar-refractivity contribution in [2.45, 2.75) is 0 Å². The molecule has 20 heavy (non-hydrogen) atoms. The summed E-state index contributed by atoms with van der Waals surface area (Å²) in [6.45, 7) is 0. The van der Waals surface area contributed by atoms with Crippen LogP contribution in [0.15, 0.2) is 53.5 Å². The predicted octanol–water partition coefficient (Wildman–Crippen LogP) is 3.66. The minimum Gasteiger partial charge on any atom is -0.497 e. The summed E-state index contributed by atoms with van der Waals surface area (Å²) in [5, 5.41) is 0.580. The Balaban J connectivity index is 1.96. The maximum Gasteiger partial charge on any atom is 0.354 e. The maximum atomic E-state index is 11.6.